The lowest BCUT2D eigenvalue weighted by Gasteiger charge is -2.17. The van der Waals surface area contributed by atoms with Gasteiger partial charge in [-0.25, -0.2) is 4.98 Å². The zero-order valence-electron chi connectivity index (χ0n) is 10.7. The molecule has 2 N–H and O–H groups in total. The molecule has 0 fully saturated rings. The standard InChI is InChI=1S/C14H15N3OS/c1-9-7-16-14(19-9)17-13(18)11-2-3-12-8-15-5-4-10(12)6-11/h2-3,6-7,15H,4-5,8H2,1H3,(H,16,17,18). The molecule has 0 radical (unpaired) electrons. The van der Waals surface area contributed by atoms with Crippen LogP contribution in [0, 0.1) is 6.92 Å². The third kappa shape index (κ3) is 2.67. The molecule has 19 heavy (non-hydrogen) atoms. The molecule has 1 aromatic carbocycles. The number of carbonyl (C=O) groups excluding carboxylic acids is 1. The molecule has 4 nitrogen and oxygen atoms in total. The van der Waals surface area contributed by atoms with Crippen LogP contribution in [0.2, 0.25) is 0 Å². The smallest absolute Gasteiger partial charge is 0.257 e. The number of hydrogen-bond acceptors (Lipinski definition) is 4. The summed E-state index contributed by atoms with van der Waals surface area (Å²) in [6.45, 7) is 3.84. The number of nitrogens with zero attached hydrogens (tertiary/aromatic N) is 1. The molecular formula is C14H15N3OS. The summed E-state index contributed by atoms with van der Waals surface area (Å²) in [5.74, 6) is -0.0873. The fraction of sp³-hybridized carbons (Fsp3) is 0.286. The number of rotatable bonds is 2. The zero-order chi connectivity index (χ0) is 13.2. The Labute approximate surface area is 115 Å². The average Bonchev–Trinajstić information content (AvgIpc) is 2.83. The maximum absolute atomic E-state index is 12.1. The Morgan fingerprint density at radius 2 is 2.32 bits per heavy atom. The highest BCUT2D eigenvalue weighted by molar-refractivity contribution is 7.15. The van der Waals surface area contributed by atoms with Crippen molar-refractivity contribution in [2.45, 2.75) is 19.9 Å². The van der Waals surface area contributed by atoms with Crippen molar-refractivity contribution in [1.82, 2.24) is 10.3 Å². The van der Waals surface area contributed by atoms with Crippen molar-refractivity contribution >= 4 is 22.4 Å². The topological polar surface area (TPSA) is 54.0 Å². The van der Waals surface area contributed by atoms with Gasteiger partial charge in [-0.05, 0) is 43.1 Å². The number of carbonyl (C=O) groups is 1. The predicted molar refractivity (Wildman–Crippen MR) is 76.7 cm³/mol. The summed E-state index contributed by atoms with van der Waals surface area (Å²) in [5, 5.41) is 6.82. The van der Waals surface area contributed by atoms with Crippen molar-refractivity contribution in [2.75, 3.05) is 11.9 Å². The monoisotopic (exact) mass is 273 g/mol. The van der Waals surface area contributed by atoms with Crippen molar-refractivity contribution in [3.8, 4) is 0 Å². The first-order valence-corrected chi connectivity index (χ1v) is 7.10. The van der Waals surface area contributed by atoms with E-state index in [4.69, 9.17) is 0 Å². The van der Waals surface area contributed by atoms with Gasteiger partial charge in [-0.3, -0.25) is 10.1 Å². The SMILES string of the molecule is Cc1cnc(NC(=O)c2ccc3c(c2)CCNC3)s1. The number of nitrogens with one attached hydrogen (secondary N) is 2. The minimum atomic E-state index is -0.0873. The maximum Gasteiger partial charge on any atom is 0.257 e. The van der Waals surface area contributed by atoms with Crippen molar-refractivity contribution < 1.29 is 4.79 Å². The summed E-state index contributed by atoms with van der Waals surface area (Å²) in [5.41, 5.74) is 3.25. The first kappa shape index (κ1) is 12.3. The van der Waals surface area contributed by atoms with E-state index in [2.05, 4.69) is 15.6 Å². The molecule has 5 heteroatoms. The highest BCUT2D eigenvalue weighted by Gasteiger charge is 2.13. The molecule has 0 spiro atoms. The molecule has 0 bridgehead atoms. The average molecular weight is 273 g/mol. The Morgan fingerprint density at radius 1 is 1.42 bits per heavy atom. The predicted octanol–water partition coefficient (Wildman–Crippen LogP) is 2.35. The lowest BCUT2D eigenvalue weighted by molar-refractivity contribution is 0.102. The number of thiazole rings is 1. The normalized spacial score (nSPS) is 13.9. The van der Waals surface area contributed by atoms with Gasteiger partial charge >= 0.3 is 0 Å². The van der Waals surface area contributed by atoms with Gasteiger partial charge in [0.15, 0.2) is 5.13 Å². The maximum atomic E-state index is 12.1. The summed E-state index contributed by atoms with van der Waals surface area (Å²) in [6, 6.07) is 5.90. The van der Waals surface area contributed by atoms with Gasteiger partial charge in [0.1, 0.15) is 0 Å². The molecule has 1 aliphatic rings. The lowest BCUT2D eigenvalue weighted by Crippen LogP contribution is -2.24. The van der Waals surface area contributed by atoms with Crippen molar-refractivity contribution in [3.05, 3.63) is 46.0 Å². The molecule has 0 unspecified atom stereocenters. The van der Waals surface area contributed by atoms with Crippen LogP contribution in [0.5, 0.6) is 0 Å². The van der Waals surface area contributed by atoms with Crippen LogP contribution in [-0.4, -0.2) is 17.4 Å². The van der Waals surface area contributed by atoms with Crippen molar-refractivity contribution in [2.24, 2.45) is 0 Å². The van der Waals surface area contributed by atoms with Crippen LogP contribution in [0.3, 0.4) is 0 Å². The molecule has 0 atom stereocenters. The van der Waals surface area contributed by atoms with E-state index < -0.39 is 0 Å². The summed E-state index contributed by atoms with van der Waals surface area (Å²) in [7, 11) is 0. The quantitative estimate of drug-likeness (QED) is 0.883. The van der Waals surface area contributed by atoms with Crippen LogP contribution in [0.4, 0.5) is 5.13 Å². The highest BCUT2D eigenvalue weighted by Crippen LogP contribution is 2.19. The van der Waals surface area contributed by atoms with E-state index in [1.54, 1.807) is 6.20 Å². The minimum absolute atomic E-state index is 0.0873. The van der Waals surface area contributed by atoms with E-state index in [-0.39, 0.29) is 5.91 Å². The van der Waals surface area contributed by atoms with Gasteiger partial charge in [-0.1, -0.05) is 6.07 Å². The van der Waals surface area contributed by atoms with Gasteiger partial charge in [0.25, 0.3) is 5.91 Å². The fourth-order valence-corrected chi connectivity index (χ4v) is 2.86. The number of fused-ring (bicyclic) bond motifs is 1. The van der Waals surface area contributed by atoms with Crippen LogP contribution in [-0.2, 0) is 13.0 Å². The third-order valence-corrected chi connectivity index (χ3v) is 4.02. The minimum Gasteiger partial charge on any atom is -0.312 e. The molecule has 98 valence electrons. The molecule has 3 rings (SSSR count). The molecule has 1 aliphatic heterocycles. The number of anilines is 1. The third-order valence-electron chi connectivity index (χ3n) is 3.20. The molecule has 1 aromatic heterocycles. The summed E-state index contributed by atoms with van der Waals surface area (Å²) in [4.78, 5) is 17.4. The van der Waals surface area contributed by atoms with Crippen LogP contribution in [0.25, 0.3) is 0 Å². The largest absolute Gasteiger partial charge is 0.312 e. The van der Waals surface area contributed by atoms with E-state index in [0.29, 0.717) is 10.7 Å². The van der Waals surface area contributed by atoms with Gasteiger partial charge < -0.3 is 5.32 Å². The molecule has 2 heterocycles. The van der Waals surface area contributed by atoms with E-state index in [1.165, 1.54) is 22.5 Å². The first-order chi connectivity index (χ1) is 9.22. The van der Waals surface area contributed by atoms with Gasteiger partial charge in [0.2, 0.25) is 0 Å². The second-order valence-electron chi connectivity index (χ2n) is 4.64. The summed E-state index contributed by atoms with van der Waals surface area (Å²) < 4.78 is 0. The molecule has 0 aliphatic carbocycles. The zero-order valence-corrected chi connectivity index (χ0v) is 11.5. The summed E-state index contributed by atoms with van der Waals surface area (Å²) >= 11 is 1.49. The first-order valence-electron chi connectivity index (χ1n) is 6.29. The second-order valence-corrected chi connectivity index (χ2v) is 5.88. The van der Waals surface area contributed by atoms with E-state index >= 15 is 0 Å². The van der Waals surface area contributed by atoms with E-state index in [0.717, 1.165) is 24.4 Å². The van der Waals surface area contributed by atoms with Crippen molar-refractivity contribution in [1.29, 1.82) is 0 Å². The molecule has 0 saturated heterocycles. The number of amides is 1. The van der Waals surface area contributed by atoms with Crippen LogP contribution >= 0.6 is 11.3 Å². The van der Waals surface area contributed by atoms with Crippen LogP contribution in [0.15, 0.2) is 24.4 Å². The number of aryl methyl sites for hydroxylation is 1. The van der Waals surface area contributed by atoms with E-state index in [1.807, 2.05) is 25.1 Å². The van der Waals surface area contributed by atoms with Gasteiger partial charge in [-0.15, -0.1) is 11.3 Å². The molecule has 0 saturated carbocycles. The Kier molecular flexibility index (Phi) is 3.31. The Morgan fingerprint density at radius 3 is 3.11 bits per heavy atom. The fourth-order valence-electron chi connectivity index (χ4n) is 2.20. The Bertz CT molecular complexity index is 621. The molecular weight excluding hydrogens is 258 g/mol. The van der Waals surface area contributed by atoms with Crippen molar-refractivity contribution in [3.63, 3.8) is 0 Å². The second kappa shape index (κ2) is 5.11. The molecule has 2 aromatic rings. The van der Waals surface area contributed by atoms with E-state index in [9.17, 15) is 4.79 Å². The number of aromatic nitrogens is 1. The molecule has 1 amide bonds. The van der Waals surface area contributed by atoms with Crippen LogP contribution in [0.1, 0.15) is 26.4 Å². The Hall–Kier alpha value is -1.72. The highest BCUT2D eigenvalue weighted by atomic mass is 32.1. The van der Waals surface area contributed by atoms with Crippen LogP contribution < -0.4 is 10.6 Å². The number of hydrogen-bond donors (Lipinski definition) is 2. The summed E-state index contributed by atoms with van der Waals surface area (Å²) in [6.07, 6.45) is 2.74. The lowest BCUT2D eigenvalue weighted by atomic mass is 9.98. The van der Waals surface area contributed by atoms with Gasteiger partial charge in [-0.2, -0.15) is 0 Å². The van der Waals surface area contributed by atoms with Gasteiger partial charge in [0.05, 0.1) is 0 Å². The van der Waals surface area contributed by atoms with Gasteiger partial charge in [0, 0.05) is 23.2 Å². The number of benzene rings is 1. The Balaban J connectivity index is 1.80.